The second-order valence-electron chi connectivity index (χ2n) is 6.68. The molecule has 152 valence electrons. The second-order valence-corrected chi connectivity index (χ2v) is 7.85. The summed E-state index contributed by atoms with van der Waals surface area (Å²) in [6, 6.07) is 10.6. The van der Waals surface area contributed by atoms with Crippen LogP contribution < -0.4 is 5.32 Å². The Balaban J connectivity index is 0.00000364. The first kappa shape index (κ1) is 23.8. The van der Waals surface area contributed by atoms with E-state index in [4.69, 9.17) is 5.11 Å². The minimum atomic E-state index is -0.792. The standard InChI is InChI=1S/C19H29N3O3S.ClH/c1-21(15-19(24)25)16-8-11-22(12-9-16)14-18(23)20-10-5-13-26-17-6-3-2-4-7-17;/h2-4,6-7,16H,5,8-15H2,1H3,(H,20,23)(H,24,25);1H. The summed E-state index contributed by atoms with van der Waals surface area (Å²) in [5.41, 5.74) is 0. The molecule has 1 aliphatic rings. The first-order chi connectivity index (χ1) is 12.5. The number of carbonyl (C=O) groups is 2. The van der Waals surface area contributed by atoms with Crippen molar-refractivity contribution in [3.05, 3.63) is 30.3 Å². The van der Waals surface area contributed by atoms with Crippen molar-refractivity contribution >= 4 is 36.0 Å². The van der Waals surface area contributed by atoms with Crippen LogP contribution in [0.3, 0.4) is 0 Å². The van der Waals surface area contributed by atoms with Crippen LogP contribution in [0.1, 0.15) is 19.3 Å². The molecule has 2 N–H and O–H groups in total. The van der Waals surface area contributed by atoms with Crippen LogP contribution in [0, 0.1) is 0 Å². The molecule has 1 heterocycles. The van der Waals surface area contributed by atoms with Crippen molar-refractivity contribution in [2.75, 3.05) is 45.5 Å². The molecule has 1 aliphatic heterocycles. The Morgan fingerprint density at radius 3 is 2.56 bits per heavy atom. The molecule has 0 saturated carbocycles. The van der Waals surface area contributed by atoms with Gasteiger partial charge in [-0.3, -0.25) is 19.4 Å². The highest BCUT2D eigenvalue weighted by molar-refractivity contribution is 7.99. The summed E-state index contributed by atoms with van der Waals surface area (Å²) in [7, 11) is 1.86. The van der Waals surface area contributed by atoms with Crippen LogP contribution in [-0.2, 0) is 9.59 Å². The summed E-state index contributed by atoms with van der Waals surface area (Å²) in [6.45, 7) is 2.89. The van der Waals surface area contributed by atoms with Crippen molar-refractivity contribution in [1.82, 2.24) is 15.1 Å². The Morgan fingerprint density at radius 2 is 1.93 bits per heavy atom. The molecule has 1 aromatic rings. The van der Waals surface area contributed by atoms with Gasteiger partial charge in [-0.25, -0.2) is 0 Å². The summed E-state index contributed by atoms with van der Waals surface area (Å²) >= 11 is 1.81. The number of amides is 1. The highest BCUT2D eigenvalue weighted by Gasteiger charge is 2.24. The molecule has 1 amide bonds. The van der Waals surface area contributed by atoms with E-state index >= 15 is 0 Å². The summed E-state index contributed by atoms with van der Waals surface area (Å²) in [6.07, 6.45) is 2.77. The summed E-state index contributed by atoms with van der Waals surface area (Å²) in [4.78, 5) is 28.1. The number of carbonyl (C=O) groups excluding carboxylic acids is 1. The molecule has 1 aromatic carbocycles. The van der Waals surface area contributed by atoms with Gasteiger partial charge in [-0.1, -0.05) is 18.2 Å². The lowest BCUT2D eigenvalue weighted by atomic mass is 10.0. The number of nitrogens with one attached hydrogen (secondary N) is 1. The fourth-order valence-electron chi connectivity index (χ4n) is 3.13. The molecular formula is C19H30ClN3O3S. The quantitative estimate of drug-likeness (QED) is 0.450. The molecule has 0 unspecified atom stereocenters. The number of likely N-dealkylation sites (tertiary alicyclic amines) is 1. The average molecular weight is 416 g/mol. The normalized spacial score (nSPS) is 15.3. The first-order valence-corrected chi connectivity index (χ1v) is 10.1. The van der Waals surface area contributed by atoms with E-state index in [0.717, 1.165) is 38.1 Å². The molecule has 0 radical (unpaired) electrons. The lowest BCUT2D eigenvalue weighted by molar-refractivity contribution is -0.138. The van der Waals surface area contributed by atoms with E-state index in [9.17, 15) is 9.59 Å². The van der Waals surface area contributed by atoms with Crippen molar-refractivity contribution in [3.8, 4) is 0 Å². The van der Waals surface area contributed by atoms with Crippen LogP contribution in [0.5, 0.6) is 0 Å². The fraction of sp³-hybridized carbons (Fsp3) is 0.579. The average Bonchev–Trinajstić information content (AvgIpc) is 2.62. The van der Waals surface area contributed by atoms with Gasteiger partial charge in [0.05, 0.1) is 13.1 Å². The van der Waals surface area contributed by atoms with E-state index in [1.165, 1.54) is 4.90 Å². The number of thioether (sulfide) groups is 1. The molecule has 2 rings (SSSR count). The van der Waals surface area contributed by atoms with Crippen molar-refractivity contribution in [1.29, 1.82) is 0 Å². The van der Waals surface area contributed by atoms with Gasteiger partial charge in [0.2, 0.25) is 5.91 Å². The fourth-order valence-corrected chi connectivity index (χ4v) is 4.00. The van der Waals surface area contributed by atoms with E-state index in [0.29, 0.717) is 19.1 Å². The second kappa shape index (κ2) is 13.0. The number of halogens is 1. The number of rotatable bonds is 10. The van der Waals surface area contributed by atoms with Crippen molar-refractivity contribution in [3.63, 3.8) is 0 Å². The largest absolute Gasteiger partial charge is 0.480 e. The number of hydrogen-bond acceptors (Lipinski definition) is 5. The van der Waals surface area contributed by atoms with Crippen LogP contribution in [0.2, 0.25) is 0 Å². The minimum Gasteiger partial charge on any atom is -0.480 e. The lowest BCUT2D eigenvalue weighted by Gasteiger charge is -2.35. The monoisotopic (exact) mass is 415 g/mol. The number of carboxylic acids is 1. The van der Waals surface area contributed by atoms with Crippen LogP contribution in [-0.4, -0.2) is 78.3 Å². The van der Waals surface area contributed by atoms with Gasteiger partial charge >= 0.3 is 5.97 Å². The number of carboxylic acid groups (broad SMARTS) is 1. The van der Waals surface area contributed by atoms with E-state index < -0.39 is 5.97 Å². The van der Waals surface area contributed by atoms with Gasteiger partial charge in [0.1, 0.15) is 0 Å². The molecule has 1 saturated heterocycles. The third-order valence-electron chi connectivity index (χ3n) is 4.59. The first-order valence-electron chi connectivity index (χ1n) is 9.13. The predicted octanol–water partition coefficient (Wildman–Crippen LogP) is 2.19. The molecule has 27 heavy (non-hydrogen) atoms. The molecule has 0 spiro atoms. The third-order valence-corrected chi connectivity index (χ3v) is 5.69. The highest BCUT2D eigenvalue weighted by atomic mass is 35.5. The number of aliphatic carboxylic acids is 1. The van der Waals surface area contributed by atoms with Crippen molar-refractivity contribution in [2.45, 2.75) is 30.2 Å². The zero-order valence-corrected chi connectivity index (χ0v) is 17.4. The number of nitrogens with zero attached hydrogens (tertiary/aromatic N) is 2. The SMILES string of the molecule is CN(CC(=O)O)C1CCN(CC(=O)NCCCSc2ccccc2)CC1.Cl. The lowest BCUT2D eigenvalue weighted by Crippen LogP contribution is -2.47. The molecule has 0 atom stereocenters. The van der Waals surface area contributed by atoms with E-state index in [2.05, 4.69) is 22.3 Å². The maximum absolute atomic E-state index is 12.1. The van der Waals surface area contributed by atoms with Crippen LogP contribution >= 0.6 is 24.2 Å². The Morgan fingerprint density at radius 1 is 1.26 bits per heavy atom. The summed E-state index contributed by atoms with van der Waals surface area (Å²) in [5.74, 6) is 0.276. The van der Waals surface area contributed by atoms with Crippen LogP contribution in [0.25, 0.3) is 0 Å². The van der Waals surface area contributed by atoms with E-state index in [-0.39, 0.29) is 24.9 Å². The van der Waals surface area contributed by atoms with Gasteiger partial charge in [-0.15, -0.1) is 24.2 Å². The van der Waals surface area contributed by atoms with E-state index in [1.54, 1.807) is 11.8 Å². The Kier molecular flexibility index (Phi) is 11.4. The smallest absolute Gasteiger partial charge is 0.317 e. The predicted molar refractivity (Wildman–Crippen MR) is 112 cm³/mol. The summed E-state index contributed by atoms with van der Waals surface area (Å²) < 4.78 is 0. The maximum atomic E-state index is 12.1. The van der Waals surface area contributed by atoms with E-state index in [1.807, 2.05) is 30.1 Å². The molecule has 1 fully saturated rings. The Bertz CT molecular complexity index is 569. The topological polar surface area (TPSA) is 72.9 Å². The number of piperidine rings is 1. The molecule has 8 heteroatoms. The number of benzene rings is 1. The minimum absolute atomic E-state index is 0. The Hall–Kier alpha value is -1.28. The highest BCUT2D eigenvalue weighted by Crippen LogP contribution is 2.17. The third kappa shape index (κ3) is 9.46. The maximum Gasteiger partial charge on any atom is 0.317 e. The molecule has 0 bridgehead atoms. The van der Waals surface area contributed by atoms with Gasteiger partial charge in [-0.05, 0) is 44.2 Å². The van der Waals surface area contributed by atoms with Crippen LogP contribution in [0.15, 0.2) is 35.2 Å². The van der Waals surface area contributed by atoms with Gasteiger partial charge < -0.3 is 10.4 Å². The van der Waals surface area contributed by atoms with Gasteiger partial charge in [0.15, 0.2) is 0 Å². The summed E-state index contributed by atoms with van der Waals surface area (Å²) in [5, 5.41) is 11.9. The zero-order valence-electron chi connectivity index (χ0n) is 15.8. The van der Waals surface area contributed by atoms with Gasteiger partial charge in [0.25, 0.3) is 0 Å². The van der Waals surface area contributed by atoms with Crippen molar-refractivity contribution < 1.29 is 14.7 Å². The van der Waals surface area contributed by atoms with Crippen molar-refractivity contribution in [2.24, 2.45) is 0 Å². The Labute approximate surface area is 172 Å². The zero-order chi connectivity index (χ0) is 18.8. The van der Waals surface area contributed by atoms with Crippen LogP contribution in [0.4, 0.5) is 0 Å². The number of likely N-dealkylation sites (N-methyl/N-ethyl adjacent to an activating group) is 1. The molecule has 0 aliphatic carbocycles. The molecule has 6 nitrogen and oxygen atoms in total. The molecule has 0 aromatic heterocycles. The van der Waals surface area contributed by atoms with Gasteiger partial charge in [0, 0.05) is 30.6 Å². The molecular weight excluding hydrogens is 386 g/mol. The van der Waals surface area contributed by atoms with Gasteiger partial charge in [-0.2, -0.15) is 0 Å². The number of hydrogen-bond donors (Lipinski definition) is 2.